The molecule has 0 saturated heterocycles. The molecule has 0 aliphatic carbocycles. The minimum atomic E-state index is -3.78. The third kappa shape index (κ3) is 5.45. The SMILES string of the molecule is CC(=O)OCCSc1nc2ccc(NC(=O)c3cc(S(=O)(=O)N(C)C)oc3C)cc2s1. The fourth-order valence-corrected chi connectivity index (χ4v) is 5.40. The molecule has 2 aromatic heterocycles. The number of aromatic nitrogens is 1. The summed E-state index contributed by atoms with van der Waals surface area (Å²) in [7, 11) is -0.997. The summed E-state index contributed by atoms with van der Waals surface area (Å²) in [5.41, 5.74) is 1.48. The van der Waals surface area contributed by atoms with Crippen molar-refractivity contribution in [2.45, 2.75) is 23.3 Å². The molecule has 0 aliphatic heterocycles. The highest BCUT2D eigenvalue weighted by Gasteiger charge is 2.25. The van der Waals surface area contributed by atoms with E-state index in [9.17, 15) is 18.0 Å². The maximum atomic E-state index is 12.7. The van der Waals surface area contributed by atoms with Gasteiger partial charge in [0.15, 0.2) is 4.34 Å². The quantitative estimate of drug-likeness (QED) is 0.294. The zero-order valence-corrected chi connectivity index (χ0v) is 19.7. The van der Waals surface area contributed by atoms with Crippen LogP contribution in [0.1, 0.15) is 23.0 Å². The molecule has 0 radical (unpaired) electrons. The number of sulfonamides is 1. The molecule has 0 spiro atoms. The number of hydrogen-bond acceptors (Lipinski definition) is 9. The van der Waals surface area contributed by atoms with Gasteiger partial charge in [-0.05, 0) is 25.1 Å². The summed E-state index contributed by atoms with van der Waals surface area (Å²) in [6, 6.07) is 6.54. The van der Waals surface area contributed by atoms with E-state index >= 15 is 0 Å². The minimum Gasteiger partial charge on any atom is -0.465 e. The maximum Gasteiger partial charge on any atom is 0.302 e. The number of ether oxygens (including phenoxy) is 1. The highest BCUT2D eigenvalue weighted by Crippen LogP contribution is 2.31. The summed E-state index contributed by atoms with van der Waals surface area (Å²) in [6.45, 7) is 3.22. The third-order valence-electron chi connectivity index (χ3n) is 4.12. The molecule has 2 heterocycles. The van der Waals surface area contributed by atoms with Crippen molar-refractivity contribution >= 4 is 60.9 Å². The van der Waals surface area contributed by atoms with Gasteiger partial charge in [0.2, 0.25) is 5.09 Å². The van der Waals surface area contributed by atoms with Crippen LogP contribution in [0.4, 0.5) is 5.69 Å². The summed E-state index contributed by atoms with van der Waals surface area (Å²) in [6.07, 6.45) is 0. The Balaban J connectivity index is 1.72. The Morgan fingerprint density at radius 1 is 1.29 bits per heavy atom. The average Bonchev–Trinajstić information content (AvgIpc) is 3.28. The van der Waals surface area contributed by atoms with Gasteiger partial charge in [-0.2, -0.15) is 0 Å². The summed E-state index contributed by atoms with van der Waals surface area (Å²) < 4.78 is 37.4. The number of amides is 1. The molecule has 166 valence electrons. The number of hydrogen-bond donors (Lipinski definition) is 1. The van der Waals surface area contributed by atoms with Crippen molar-refractivity contribution in [1.29, 1.82) is 0 Å². The second kappa shape index (κ2) is 9.39. The Hall–Kier alpha value is -2.41. The van der Waals surface area contributed by atoms with Crippen LogP contribution in [0.15, 0.2) is 38.1 Å². The van der Waals surface area contributed by atoms with Crippen molar-refractivity contribution in [2.24, 2.45) is 0 Å². The van der Waals surface area contributed by atoms with E-state index in [0.717, 1.165) is 18.9 Å². The topological polar surface area (TPSA) is 119 Å². The van der Waals surface area contributed by atoms with Crippen LogP contribution in [0.2, 0.25) is 0 Å². The molecule has 0 bridgehead atoms. The summed E-state index contributed by atoms with van der Waals surface area (Å²) in [4.78, 5) is 28.0. The third-order valence-corrected chi connectivity index (χ3v) is 7.91. The van der Waals surface area contributed by atoms with E-state index < -0.39 is 15.9 Å². The second-order valence-electron chi connectivity index (χ2n) is 6.63. The number of fused-ring (bicyclic) bond motifs is 1. The summed E-state index contributed by atoms with van der Waals surface area (Å²) in [5.74, 6) is 0.0233. The normalized spacial score (nSPS) is 11.8. The molecular formula is C19H21N3O6S3. The van der Waals surface area contributed by atoms with Crippen molar-refractivity contribution in [3.05, 3.63) is 35.6 Å². The Labute approximate surface area is 187 Å². The van der Waals surface area contributed by atoms with Gasteiger partial charge >= 0.3 is 5.97 Å². The van der Waals surface area contributed by atoms with Crippen LogP contribution >= 0.6 is 23.1 Å². The zero-order chi connectivity index (χ0) is 22.8. The lowest BCUT2D eigenvalue weighted by molar-refractivity contribution is -0.140. The maximum absolute atomic E-state index is 12.7. The predicted molar refractivity (Wildman–Crippen MR) is 119 cm³/mol. The molecule has 12 heteroatoms. The van der Waals surface area contributed by atoms with Crippen molar-refractivity contribution in [1.82, 2.24) is 9.29 Å². The number of thiazole rings is 1. The molecule has 1 amide bonds. The van der Waals surface area contributed by atoms with Crippen molar-refractivity contribution in [2.75, 3.05) is 31.8 Å². The number of rotatable bonds is 8. The first-order valence-electron chi connectivity index (χ1n) is 9.09. The molecule has 0 atom stereocenters. The number of nitrogens with zero attached hydrogens (tertiary/aromatic N) is 2. The Morgan fingerprint density at radius 3 is 2.71 bits per heavy atom. The van der Waals surface area contributed by atoms with Gasteiger partial charge in [-0.1, -0.05) is 11.8 Å². The molecule has 3 aromatic rings. The van der Waals surface area contributed by atoms with Gasteiger partial charge in [-0.15, -0.1) is 11.3 Å². The largest absolute Gasteiger partial charge is 0.465 e. The van der Waals surface area contributed by atoms with Gasteiger partial charge in [0, 0.05) is 38.5 Å². The molecule has 0 saturated carbocycles. The number of thioether (sulfide) groups is 1. The second-order valence-corrected chi connectivity index (χ2v) is 11.1. The molecule has 9 nitrogen and oxygen atoms in total. The number of anilines is 1. The fraction of sp³-hybridized carbons (Fsp3) is 0.316. The van der Waals surface area contributed by atoms with Crippen LogP contribution in [-0.2, 0) is 19.6 Å². The van der Waals surface area contributed by atoms with Gasteiger partial charge in [0.25, 0.3) is 15.9 Å². The number of esters is 1. The Bertz CT molecular complexity index is 1230. The van der Waals surface area contributed by atoms with E-state index in [-0.39, 0.29) is 22.4 Å². The molecule has 1 N–H and O–H groups in total. The van der Waals surface area contributed by atoms with E-state index in [1.807, 2.05) is 0 Å². The summed E-state index contributed by atoms with van der Waals surface area (Å²) in [5, 5.41) is 2.48. The van der Waals surface area contributed by atoms with Crippen molar-refractivity contribution in [3.63, 3.8) is 0 Å². The number of furan rings is 1. The van der Waals surface area contributed by atoms with Gasteiger partial charge in [0.1, 0.15) is 12.4 Å². The van der Waals surface area contributed by atoms with Gasteiger partial charge < -0.3 is 14.5 Å². The molecule has 0 unspecified atom stereocenters. The highest BCUT2D eigenvalue weighted by atomic mass is 32.2. The van der Waals surface area contributed by atoms with Crippen LogP contribution in [0, 0.1) is 6.92 Å². The number of aryl methyl sites for hydroxylation is 1. The van der Waals surface area contributed by atoms with E-state index in [1.54, 1.807) is 18.2 Å². The summed E-state index contributed by atoms with van der Waals surface area (Å²) >= 11 is 2.95. The number of carbonyl (C=O) groups excluding carboxylic acids is 2. The Morgan fingerprint density at radius 2 is 2.03 bits per heavy atom. The van der Waals surface area contributed by atoms with Crippen LogP contribution in [-0.4, -0.2) is 56.0 Å². The molecule has 1 aromatic carbocycles. The van der Waals surface area contributed by atoms with E-state index in [2.05, 4.69) is 10.3 Å². The standard InChI is InChI=1S/C19H21N3O6S3/c1-11-14(10-17(28-11)31(25,26)22(3)4)18(24)20-13-5-6-15-16(9-13)30-19(21-15)29-8-7-27-12(2)23/h5-6,9-10H,7-8H2,1-4H3,(H,20,24). The molecule has 3 rings (SSSR count). The van der Waals surface area contributed by atoms with Crippen molar-refractivity contribution < 1.29 is 27.2 Å². The zero-order valence-electron chi connectivity index (χ0n) is 17.3. The lowest BCUT2D eigenvalue weighted by atomic mass is 10.2. The fourth-order valence-electron chi connectivity index (χ4n) is 2.54. The van der Waals surface area contributed by atoms with Crippen molar-refractivity contribution in [3.8, 4) is 0 Å². The van der Waals surface area contributed by atoms with E-state index in [0.29, 0.717) is 18.0 Å². The highest BCUT2D eigenvalue weighted by molar-refractivity contribution is 8.01. The minimum absolute atomic E-state index is 0.145. The predicted octanol–water partition coefficient (Wildman–Crippen LogP) is 3.36. The van der Waals surface area contributed by atoms with Crippen LogP contribution in [0.3, 0.4) is 0 Å². The van der Waals surface area contributed by atoms with E-state index in [1.165, 1.54) is 57.1 Å². The van der Waals surface area contributed by atoms with Crippen LogP contribution in [0.5, 0.6) is 0 Å². The lowest BCUT2D eigenvalue weighted by Gasteiger charge is -2.07. The molecule has 0 fully saturated rings. The number of carbonyl (C=O) groups is 2. The number of nitrogens with one attached hydrogen (secondary N) is 1. The van der Waals surface area contributed by atoms with Gasteiger partial charge in [0.05, 0.1) is 15.8 Å². The van der Waals surface area contributed by atoms with Crippen LogP contribution < -0.4 is 5.32 Å². The molecule has 31 heavy (non-hydrogen) atoms. The van der Waals surface area contributed by atoms with Crippen LogP contribution in [0.25, 0.3) is 10.2 Å². The lowest BCUT2D eigenvalue weighted by Crippen LogP contribution is -2.21. The molecular weight excluding hydrogens is 462 g/mol. The first-order valence-corrected chi connectivity index (χ1v) is 12.3. The van der Waals surface area contributed by atoms with E-state index in [4.69, 9.17) is 9.15 Å². The first kappa shape index (κ1) is 23.3. The monoisotopic (exact) mass is 483 g/mol. The Kier molecular flexibility index (Phi) is 7.04. The smallest absolute Gasteiger partial charge is 0.302 e. The molecule has 0 aliphatic rings. The average molecular weight is 484 g/mol. The number of benzene rings is 1. The van der Waals surface area contributed by atoms with Gasteiger partial charge in [-0.25, -0.2) is 17.7 Å². The van der Waals surface area contributed by atoms with Gasteiger partial charge in [-0.3, -0.25) is 9.59 Å². The first-order chi connectivity index (χ1) is 14.6.